The van der Waals surface area contributed by atoms with Crippen molar-refractivity contribution < 1.29 is 9.32 Å². The molecule has 0 aliphatic carbocycles. The van der Waals surface area contributed by atoms with Crippen LogP contribution in [-0.2, 0) is 0 Å². The first kappa shape index (κ1) is 14.4. The summed E-state index contributed by atoms with van der Waals surface area (Å²) in [6.07, 6.45) is 3.40. The van der Waals surface area contributed by atoms with Gasteiger partial charge in [-0.15, -0.1) is 0 Å². The van der Waals surface area contributed by atoms with E-state index in [0.29, 0.717) is 34.9 Å². The van der Waals surface area contributed by atoms with Gasteiger partial charge in [0, 0.05) is 25.2 Å². The minimum absolute atomic E-state index is 0.0470. The number of hydrogen-bond acceptors (Lipinski definition) is 5. The van der Waals surface area contributed by atoms with E-state index in [-0.39, 0.29) is 5.91 Å². The fraction of sp³-hybridized carbons (Fsp3) is 0.471. The Hall–Kier alpha value is -2.21. The minimum atomic E-state index is 0.0470. The van der Waals surface area contributed by atoms with Crippen molar-refractivity contribution in [2.45, 2.75) is 38.3 Å². The monoisotopic (exact) mass is 312 g/mol. The lowest BCUT2D eigenvalue weighted by molar-refractivity contribution is 0.0748. The Balaban J connectivity index is 1.63. The molecule has 2 saturated heterocycles. The van der Waals surface area contributed by atoms with Crippen molar-refractivity contribution in [2.75, 3.05) is 13.1 Å². The number of nitrogens with one attached hydrogen (secondary N) is 1. The highest BCUT2D eigenvalue weighted by Crippen LogP contribution is 2.26. The fourth-order valence-electron chi connectivity index (χ4n) is 3.56. The number of rotatable bonds is 2. The van der Waals surface area contributed by atoms with E-state index in [1.165, 1.54) is 6.42 Å². The molecular formula is C17H20N4O2. The quantitative estimate of drug-likeness (QED) is 0.918. The van der Waals surface area contributed by atoms with Crippen LogP contribution in [0.4, 0.5) is 0 Å². The first-order valence-corrected chi connectivity index (χ1v) is 8.16. The maximum atomic E-state index is 13.0. The van der Waals surface area contributed by atoms with Crippen molar-refractivity contribution in [3.63, 3.8) is 0 Å². The van der Waals surface area contributed by atoms with Gasteiger partial charge in [0.2, 0.25) is 0 Å². The van der Waals surface area contributed by atoms with Crippen molar-refractivity contribution >= 4 is 5.91 Å². The highest BCUT2D eigenvalue weighted by Gasteiger charge is 2.32. The smallest absolute Gasteiger partial charge is 0.258 e. The van der Waals surface area contributed by atoms with Gasteiger partial charge < -0.3 is 14.7 Å². The number of likely N-dealkylation sites (tertiary alicyclic amines) is 1. The van der Waals surface area contributed by atoms with E-state index in [0.717, 1.165) is 25.9 Å². The second-order valence-electron chi connectivity index (χ2n) is 6.37. The number of hydrogen-bond donors (Lipinski definition) is 1. The summed E-state index contributed by atoms with van der Waals surface area (Å²) in [6, 6.07) is 8.45. The SMILES string of the molecule is Cc1noc(-c2ccccc2C(=O)N2CCC3CCC(C2)N3)n1. The molecular weight excluding hydrogens is 292 g/mol. The Morgan fingerprint density at radius 1 is 1.26 bits per heavy atom. The van der Waals surface area contributed by atoms with Crippen LogP contribution in [0.1, 0.15) is 35.4 Å². The van der Waals surface area contributed by atoms with Crippen LogP contribution in [-0.4, -0.2) is 46.1 Å². The average molecular weight is 312 g/mol. The number of carbonyl (C=O) groups excluding carboxylic acids is 1. The number of nitrogens with zero attached hydrogens (tertiary/aromatic N) is 3. The third-order valence-electron chi connectivity index (χ3n) is 4.73. The fourth-order valence-corrected chi connectivity index (χ4v) is 3.56. The van der Waals surface area contributed by atoms with E-state index in [2.05, 4.69) is 15.5 Å². The molecule has 2 unspecified atom stereocenters. The molecule has 0 saturated carbocycles. The van der Waals surface area contributed by atoms with Gasteiger partial charge >= 0.3 is 0 Å². The van der Waals surface area contributed by atoms with Crippen molar-refractivity contribution in [2.24, 2.45) is 0 Å². The van der Waals surface area contributed by atoms with Gasteiger partial charge in [0.1, 0.15) is 0 Å². The maximum Gasteiger partial charge on any atom is 0.258 e. The molecule has 1 N–H and O–H groups in total. The van der Waals surface area contributed by atoms with Gasteiger partial charge in [0.25, 0.3) is 11.8 Å². The molecule has 0 spiro atoms. The van der Waals surface area contributed by atoms with Gasteiger partial charge in [-0.25, -0.2) is 0 Å². The van der Waals surface area contributed by atoms with E-state index in [4.69, 9.17) is 4.52 Å². The molecule has 2 aliphatic rings. The molecule has 2 aliphatic heterocycles. The molecule has 2 fully saturated rings. The number of benzene rings is 1. The van der Waals surface area contributed by atoms with Crippen molar-refractivity contribution in [3.8, 4) is 11.5 Å². The van der Waals surface area contributed by atoms with Crippen LogP contribution in [0.3, 0.4) is 0 Å². The summed E-state index contributed by atoms with van der Waals surface area (Å²) in [5.74, 6) is 1.02. The van der Waals surface area contributed by atoms with Gasteiger partial charge in [0.05, 0.1) is 11.1 Å². The lowest BCUT2D eigenvalue weighted by Gasteiger charge is -2.25. The first-order valence-electron chi connectivity index (χ1n) is 8.16. The minimum Gasteiger partial charge on any atom is -0.337 e. The van der Waals surface area contributed by atoms with Crippen LogP contribution in [0.2, 0.25) is 0 Å². The van der Waals surface area contributed by atoms with E-state index in [9.17, 15) is 4.79 Å². The molecule has 1 amide bonds. The van der Waals surface area contributed by atoms with Crippen molar-refractivity contribution in [3.05, 3.63) is 35.7 Å². The average Bonchev–Trinajstić information content (AvgIpc) is 3.12. The molecule has 4 rings (SSSR count). The largest absolute Gasteiger partial charge is 0.337 e. The molecule has 6 nitrogen and oxygen atoms in total. The molecule has 0 radical (unpaired) electrons. The van der Waals surface area contributed by atoms with Gasteiger partial charge in [-0.3, -0.25) is 4.79 Å². The summed E-state index contributed by atoms with van der Waals surface area (Å²) in [5, 5.41) is 7.44. The summed E-state index contributed by atoms with van der Waals surface area (Å²) >= 11 is 0. The highest BCUT2D eigenvalue weighted by atomic mass is 16.5. The molecule has 1 aromatic heterocycles. The number of aryl methyl sites for hydroxylation is 1. The molecule has 3 heterocycles. The number of aromatic nitrogens is 2. The van der Waals surface area contributed by atoms with Crippen LogP contribution < -0.4 is 5.32 Å². The zero-order chi connectivity index (χ0) is 15.8. The van der Waals surface area contributed by atoms with Gasteiger partial charge in [0.15, 0.2) is 5.82 Å². The molecule has 6 heteroatoms. The zero-order valence-corrected chi connectivity index (χ0v) is 13.2. The normalized spacial score (nSPS) is 23.8. The lowest BCUT2D eigenvalue weighted by Crippen LogP contribution is -2.39. The van der Waals surface area contributed by atoms with Crippen LogP contribution in [0, 0.1) is 6.92 Å². The molecule has 23 heavy (non-hydrogen) atoms. The molecule has 2 atom stereocenters. The van der Waals surface area contributed by atoms with Crippen molar-refractivity contribution in [1.29, 1.82) is 0 Å². The second-order valence-corrected chi connectivity index (χ2v) is 6.37. The number of fused-ring (bicyclic) bond motifs is 2. The van der Waals surface area contributed by atoms with Crippen molar-refractivity contribution in [1.82, 2.24) is 20.4 Å². The number of carbonyl (C=O) groups is 1. The third-order valence-corrected chi connectivity index (χ3v) is 4.73. The third kappa shape index (κ3) is 2.74. The van der Waals surface area contributed by atoms with Crippen LogP contribution in [0.15, 0.2) is 28.8 Å². The molecule has 1 aromatic carbocycles. The zero-order valence-electron chi connectivity index (χ0n) is 13.2. The van der Waals surface area contributed by atoms with Gasteiger partial charge in [-0.05, 0) is 38.3 Å². The second kappa shape index (κ2) is 5.77. The summed E-state index contributed by atoms with van der Waals surface area (Å²) < 4.78 is 5.26. The summed E-state index contributed by atoms with van der Waals surface area (Å²) in [5.41, 5.74) is 1.34. The van der Waals surface area contributed by atoms with Gasteiger partial charge in [-0.2, -0.15) is 4.98 Å². The van der Waals surface area contributed by atoms with E-state index in [1.807, 2.05) is 29.2 Å². The topological polar surface area (TPSA) is 71.3 Å². The highest BCUT2D eigenvalue weighted by molar-refractivity contribution is 6.00. The van der Waals surface area contributed by atoms with E-state index >= 15 is 0 Å². The molecule has 2 bridgehead atoms. The van der Waals surface area contributed by atoms with Crippen LogP contribution in [0.25, 0.3) is 11.5 Å². The van der Waals surface area contributed by atoms with Gasteiger partial charge in [-0.1, -0.05) is 17.3 Å². The number of amides is 1. The maximum absolute atomic E-state index is 13.0. The van der Waals surface area contributed by atoms with E-state index in [1.54, 1.807) is 6.92 Å². The van der Waals surface area contributed by atoms with Crippen LogP contribution >= 0.6 is 0 Å². The predicted molar refractivity (Wildman–Crippen MR) is 84.9 cm³/mol. The first-order chi connectivity index (χ1) is 11.2. The summed E-state index contributed by atoms with van der Waals surface area (Å²) in [7, 11) is 0. The Bertz CT molecular complexity index is 727. The lowest BCUT2D eigenvalue weighted by atomic mass is 10.0. The molecule has 2 aromatic rings. The Kier molecular flexibility index (Phi) is 3.61. The Morgan fingerprint density at radius 3 is 2.91 bits per heavy atom. The Labute approximate surface area is 134 Å². The van der Waals surface area contributed by atoms with Crippen LogP contribution in [0.5, 0.6) is 0 Å². The molecule has 120 valence electrons. The Morgan fingerprint density at radius 2 is 2.09 bits per heavy atom. The summed E-state index contributed by atoms with van der Waals surface area (Å²) in [4.78, 5) is 19.3. The van der Waals surface area contributed by atoms with E-state index < -0.39 is 0 Å². The summed E-state index contributed by atoms with van der Waals surface area (Å²) in [6.45, 7) is 3.34. The standard InChI is InChI=1S/C17H20N4O2/c1-11-18-16(23-20-11)14-4-2-3-5-15(14)17(22)21-9-8-12-6-7-13(10-21)19-12/h2-5,12-13,19H,6-10H2,1H3. The predicted octanol–water partition coefficient (Wildman–Crippen LogP) is 2.01.